The van der Waals surface area contributed by atoms with Crippen molar-refractivity contribution in [2.75, 3.05) is 25.1 Å². The first-order valence-electron chi connectivity index (χ1n) is 15.2. The number of benzene rings is 2. The summed E-state index contributed by atoms with van der Waals surface area (Å²) in [5.41, 5.74) is 3.41. The molecule has 3 aliphatic rings. The van der Waals surface area contributed by atoms with Gasteiger partial charge in [-0.2, -0.15) is 0 Å². The van der Waals surface area contributed by atoms with Crippen LogP contribution in [0, 0.1) is 17.8 Å². The summed E-state index contributed by atoms with van der Waals surface area (Å²) in [6.45, 7) is 5.77. The van der Waals surface area contributed by atoms with Gasteiger partial charge in [-0.05, 0) is 104 Å². The van der Waals surface area contributed by atoms with Crippen molar-refractivity contribution in [1.82, 2.24) is 4.72 Å². The van der Waals surface area contributed by atoms with E-state index in [2.05, 4.69) is 21.8 Å². The molecule has 2 aromatic carbocycles. The van der Waals surface area contributed by atoms with Crippen molar-refractivity contribution in [3.05, 3.63) is 70.3 Å². The molecule has 1 N–H and O–H groups in total. The van der Waals surface area contributed by atoms with E-state index in [-0.39, 0.29) is 12.0 Å². The molecular formula is C33H43ClN2O5S. The Kier molecular flexibility index (Phi) is 9.85. The zero-order chi connectivity index (χ0) is 29.9. The molecule has 228 valence electrons. The molecule has 1 saturated carbocycles. The highest BCUT2D eigenvalue weighted by Crippen LogP contribution is 2.41. The molecule has 0 unspecified atom stereocenters. The lowest BCUT2D eigenvalue weighted by molar-refractivity contribution is 0.0134. The highest BCUT2D eigenvalue weighted by Gasteiger charge is 2.38. The summed E-state index contributed by atoms with van der Waals surface area (Å²) in [6, 6.07) is 11.2. The Balaban J connectivity index is 1.55. The van der Waals surface area contributed by atoms with Crippen molar-refractivity contribution in [3.63, 3.8) is 0 Å². The Morgan fingerprint density at radius 2 is 1.95 bits per heavy atom. The van der Waals surface area contributed by atoms with Gasteiger partial charge in [0.05, 0.1) is 17.0 Å². The number of halogens is 1. The molecule has 1 amide bonds. The fraction of sp³-hybridized carbons (Fsp3) is 0.545. The number of nitrogens with one attached hydrogen (secondary N) is 1. The van der Waals surface area contributed by atoms with Gasteiger partial charge in [-0.15, -0.1) is 0 Å². The minimum Gasteiger partial charge on any atom is -0.487 e. The van der Waals surface area contributed by atoms with Gasteiger partial charge in [-0.25, -0.2) is 13.1 Å². The maximum Gasteiger partial charge on any atom is 0.264 e. The van der Waals surface area contributed by atoms with E-state index < -0.39 is 21.2 Å². The summed E-state index contributed by atoms with van der Waals surface area (Å²) in [5, 5.41) is 0.0305. The molecule has 5 rings (SSSR count). The topological polar surface area (TPSA) is 84.9 Å². The molecule has 42 heavy (non-hydrogen) atoms. The van der Waals surface area contributed by atoms with Crippen molar-refractivity contribution in [1.29, 1.82) is 0 Å². The Hall–Kier alpha value is -2.55. The van der Waals surface area contributed by atoms with Crippen LogP contribution < -0.4 is 14.4 Å². The molecule has 0 aromatic heterocycles. The number of fused-ring (bicyclic) bond motifs is 3. The van der Waals surface area contributed by atoms with Crippen LogP contribution in [0.5, 0.6) is 5.75 Å². The van der Waals surface area contributed by atoms with Crippen LogP contribution in [-0.2, 0) is 27.8 Å². The summed E-state index contributed by atoms with van der Waals surface area (Å²) in [4.78, 5) is 15.8. The third-order valence-corrected chi connectivity index (χ3v) is 11.7. The summed E-state index contributed by atoms with van der Waals surface area (Å²) in [6.07, 6.45) is 10.2. The van der Waals surface area contributed by atoms with Crippen LogP contribution in [-0.4, -0.2) is 45.9 Å². The number of anilines is 1. The monoisotopic (exact) mass is 614 g/mol. The molecular weight excluding hydrogens is 572 g/mol. The number of ether oxygens (including phenoxy) is 2. The van der Waals surface area contributed by atoms with Crippen LogP contribution in [0.4, 0.5) is 5.69 Å². The van der Waals surface area contributed by atoms with Crippen LogP contribution >= 0.6 is 11.6 Å². The van der Waals surface area contributed by atoms with Crippen LogP contribution in [0.2, 0.25) is 5.02 Å². The molecule has 2 aliphatic heterocycles. The normalized spacial score (nSPS) is 29.0. The van der Waals surface area contributed by atoms with Gasteiger partial charge in [0.2, 0.25) is 10.0 Å². The molecule has 9 heteroatoms. The van der Waals surface area contributed by atoms with Gasteiger partial charge in [-0.3, -0.25) is 4.79 Å². The average molecular weight is 615 g/mol. The first-order chi connectivity index (χ1) is 20.2. The number of methoxy groups -OCH3 is 1. The summed E-state index contributed by atoms with van der Waals surface area (Å²) in [7, 11) is -2.14. The summed E-state index contributed by atoms with van der Waals surface area (Å²) >= 11 is 6.32. The number of hydrogen-bond donors (Lipinski definition) is 1. The molecule has 0 radical (unpaired) electrons. The number of hydrogen-bond acceptors (Lipinski definition) is 6. The molecule has 1 fully saturated rings. The molecule has 2 heterocycles. The van der Waals surface area contributed by atoms with E-state index in [0.717, 1.165) is 61.5 Å². The Labute approximate surface area is 255 Å². The lowest BCUT2D eigenvalue weighted by Gasteiger charge is -2.43. The lowest BCUT2D eigenvalue weighted by atomic mass is 9.70. The third-order valence-electron chi connectivity index (χ3n) is 9.37. The van der Waals surface area contributed by atoms with Gasteiger partial charge in [0.25, 0.3) is 5.91 Å². The fourth-order valence-electron chi connectivity index (χ4n) is 6.78. The largest absolute Gasteiger partial charge is 0.487 e. The van der Waals surface area contributed by atoms with E-state index in [1.54, 1.807) is 25.3 Å². The minimum atomic E-state index is -3.90. The number of rotatable bonds is 2. The van der Waals surface area contributed by atoms with Crippen molar-refractivity contribution in [3.8, 4) is 5.75 Å². The lowest BCUT2D eigenvalue weighted by Crippen LogP contribution is -2.44. The highest BCUT2D eigenvalue weighted by atomic mass is 35.5. The number of carbonyl (C=O) groups excluding carboxylic acids is 1. The van der Waals surface area contributed by atoms with Gasteiger partial charge in [0.1, 0.15) is 12.4 Å². The predicted molar refractivity (Wildman–Crippen MR) is 168 cm³/mol. The predicted octanol–water partition coefficient (Wildman–Crippen LogP) is 6.54. The molecule has 0 spiro atoms. The van der Waals surface area contributed by atoms with E-state index in [1.165, 1.54) is 5.56 Å². The number of allylic oxidation sites excluding steroid dienone is 1. The van der Waals surface area contributed by atoms with Crippen molar-refractivity contribution >= 4 is 33.2 Å². The number of carbonyl (C=O) groups is 1. The first kappa shape index (κ1) is 30.9. The number of sulfonamides is 1. The van der Waals surface area contributed by atoms with E-state index in [4.69, 9.17) is 21.1 Å². The number of nitrogens with zero attached hydrogens (tertiary/aromatic N) is 1. The van der Waals surface area contributed by atoms with Crippen LogP contribution in [0.3, 0.4) is 0 Å². The second-order valence-electron chi connectivity index (χ2n) is 12.1. The average Bonchev–Trinajstić information content (AvgIpc) is 2.97. The standard InChI is InChI=1S/C33H43ClN2O5S/c1-4-32-22(2)8-7-10-30(40-3)28-15-12-25(28)20-36-17-6-5-9-23-18-27(34)14-11-26(23)21-41-31-16-13-24(19-29(31)36)33(37)35-42(32,38)39/h7,10-11,13-14,16,18-19,22,25,28,30,32H,4-6,8-9,12,15,17,20-21H2,1-3H3,(H,35,37)/b10-7+/t22-,25-,28+,30-,32+/m0/s1. The Morgan fingerprint density at radius 3 is 2.69 bits per heavy atom. The van der Waals surface area contributed by atoms with Crippen molar-refractivity contribution in [2.45, 2.75) is 76.8 Å². The highest BCUT2D eigenvalue weighted by molar-refractivity contribution is 7.90. The second kappa shape index (κ2) is 13.4. The maximum atomic E-state index is 13.4. The quantitative estimate of drug-likeness (QED) is 0.387. The van der Waals surface area contributed by atoms with E-state index in [0.29, 0.717) is 42.6 Å². The molecule has 0 saturated heterocycles. The van der Waals surface area contributed by atoms with E-state index in [9.17, 15) is 13.2 Å². The maximum absolute atomic E-state index is 13.4. The number of aryl methyl sites for hydroxylation is 1. The smallest absolute Gasteiger partial charge is 0.264 e. The SMILES string of the molecule is CC[C@@H]1[C@@H](C)C/C=C/[C@H](OC)[C@@H]2CC[C@H]2CN2CCCCc3cc(Cl)ccc3COc3ccc(cc32)C(=O)NS1(=O)=O. The Morgan fingerprint density at radius 1 is 1.12 bits per heavy atom. The van der Waals surface area contributed by atoms with Crippen molar-refractivity contribution < 1.29 is 22.7 Å². The zero-order valence-corrected chi connectivity index (χ0v) is 26.4. The molecule has 2 aromatic rings. The van der Waals surface area contributed by atoms with Gasteiger partial charge < -0.3 is 14.4 Å². The van der Waals surface area contributed by atoms with Crippen molar-refractivity contribution in [2.24, 2.45) is 17.8 Å². The summed E-state index contributed by atoms with van der Waals surface area (Å²) in [5.74, 6) is 0.715. The van der Waals surface area contributed by atoms with Crippen LogP contribution in [0.25, 0.3) is 0 Å². The van der Waals surface area contributed by atoms with Crippen LogP contribution in [0.1, 0.15) is 73.9 Å². The third kappa shape index (κ3) is 6.81. The molecule has 1 aliphatic carbocycles. The zero-order valence-electron chi connectivity index (χ0n) is 24.9. The Bertz CT molecular complexity index is 1410. The van der Waals surface area contributed by atoms with Crippen LogP contribution in [0.15, 0.2) is 48.6 Å². The van der Waals surface area contributed by atoms with Gasteiger partial charge in [0, 0.05) is 30.8 Å². The molecule has 2 bridgehead atoms. The van der Waals surface area contributed by atoms with E-state index in [1.807, 2.05) is 32.0 Å². The minimum absolute atomic E-state index is 0.0227. The summed E-state index contributed by atoms with van der Waals surface area (Å²) < 4.78 is 41.6. The fourth-order valence-corrected chi connectivity index (χ4v) is 8.67. The molecule has 7 nitrogen and oxygen atoms in total. The van der Waals surface area contributed by atoms with E-state index >= 15 is 0 Å². The molecule has 5 atom stereocenters. The number of amides is 1. The van der Waals surface area contributed by atoms with Gasteiger partial charge in [-0.1, -0.05) is 43.7 Å². The second-order valence-corrected chi connectivity index (χ2v) is 14.4. The first-order valence-corrected chi connectivity index (χ1v) is 17.2. The van der Waals surface area contributed by atoms with Gasteiger partial charge >= 0.3 is 0 Å². The van der Waals surface area contributed by atoms with Gasteiger partial charge in [0.15, 0.2) is 0 Å².